The largest absolute Gasteiger partial charge is 0.222 e. The molecule has 0 amide bonds. The van der Waals surface area contributed by atoms with Crippen LogP contribution in [0.25, 0.3) is 10.9 Å². The summed E-state index contributed by atoms with van der Waals surface area (Å²) in [6, 6.07) is 8.11. The van der Waals surface area contributed by atoms with Gasteiger partial charge in [-0.15, -0.1) is 11.8 Å². The molecule has 2 rings (SSSR count). The van der Waals surface area contributed by atoms with E-state index in [9.17, 15) is 0 Å². The highest BCUT2D eigenvalue weighted by molar-refractivity contribution is 7.99. The van der Waals surface area contributed by atoms with Gasteiger partial charge in [0.1, 0.15) is 5.03 Å². The number of benzene rings is 1. The molecule has 14 heavy (non-hydrogen) atoms. The SMILES string of the molecule is CSc1nc(SC)c2ccccc2n1. The summed E-state index contributed by atoms with van der Waals surface area (Å²) in [5, 5.41) is 3.03. The molecule has 4 heteroatoms. The molecule has 72 valence electrons. The minimum atomic E-state index is 0.841. The van der Waals surface area contributed by atoms with Crippen molar-refractivity contribution in [3.05, 3.63) is 24.3 Å². The third-order valence-electron chi connectivity index (χ3n) is 1.92. The van der Waals surface area contributed by atoms with Crippen LogP contribution in [0.15, 0.2) is 34.4 Å². The number of rotatable bonds is 2. The number of aromatic nitrogens is 2. The Morgan fingerprint density at radius 1 is 1.00 bits per heavy atom. The van der Waals surface area contributed by atoms with Crippen molar-refractivity contribution in [3.63, 3.8) is 0 Å². The quantitative estimate of drug-likeness (QED) is 0.443. The Morgan fingerprint density at radius 3 is 2.50 bits per heavy atom. The van der Waals surface area contributed by atoms with Crippen molar-refractivity contribution in [1.82, 2.24) is 9.97 Å². The average molecular weight is 222 g/mol. The van der Waals surface area contributed by atoms with E-state index in [4.69, 9.17) is 0 Å². The maximum absolute atomic E-state index is 4.45. The Kier molecular flexibility index (Phi) is 2.93. The summed E-state index contributed by atoms with van der Waals surface area (Å²) in [6.45, 7) is 0. The van der Waals surface area contributed by atoms with E-state index in [1.807, 2.05) is 30.7 Å². The number of hydrogen-bond acceptors (Lipinski definition) is 4. The molecule has 0 spiro atoms. The Bertz CT molecular complexity index is 457. The van der Waals surface area contributed by atoms with Crippen LogP contribution in [0, 0.1) is 0 Å². The summed E-state index contributed by atoms with van der Waals surface area (Å²) in [5.41, 5.74) is 1.02. The van der Waals surface area contributed by atoms with Gasteiger partial charge in [-0.1, -0.05) is 30.0 Å². The average Bonchev–Trinajstić information content (AvgIpc) is 2.27. The van der Waals surface area contributed by atoms with Crippen molar-refractivity contribution in [2.45, 2.75) is 10.2 Å². The minimum Gasteiger partial charge on any atom is -0.222 e. The summed E-state index contributed by atoms with van der Waals surface area (Å²) in [5.74, 6) is 0. The van der Waals surface area contributed by atoms with Gasteiger partial charge in [0, 0.05) is 5.39 Å². The molecule has 0 unspecified atom stereocenters. The van der Waals surface area contributed by atoms with E-state index >= 15 is 0 Å². The summed E-state index contributed by atoms with van der Waals surface area (Å²) in [6.07, 6.45) is 4.03. The predicted octanol–water partition coefficient (Wildman–Crippen LogP) is 3.07. The smallest absolute Gasteiger partial charge is 0.188 e. The first-order valence-corrected chi connectivity index (χ1v) is 6.65. The second-order valence-corrected chi connectivity index (χ2v) is 4.31. The molecular formula is C10H10N2S2. The topological polar surface area (TPSA) is 25.8 Å². The van der Waals surface area contributed by atoms with Crippen LogP contribution in [0.5, 0.6) is 0 Å². The molecule has 0 bridgehead atoms. The van der Waals surface area contributed by atoms with Gasteiger partial charge in [0.2, 0.25) is 0 Å². The molecule has 0 aliphatic carbocycles. The number of fused-ring (bicyclic) bond motifs is 1. The number of thioether (sulfide) groups is 2. The third kappa shape index (κ3) is 1.72. The highest BCUT2D eigenvalue weighted by Crippen LogP contribution is 2.25. The highest BCUT2D eigenvalue weighted by Gasteiger charge is 2.04. The zero-order valence-electron chi connectivity index (χ0n) is 8.02. The van der Waals surface area contributed by atoms with Crippen LogP contribution in [0.1, 0.15) is 0 Å². The first kappa shape index (κ1) is 9.80. The normalized spacial score (nSPS) is 10.7. The van der Waals surface area contributed by atoms with Crippen molar-refractivity contribution >= 4 is 34.4 Å². The fourth-order valence-corrected chi connectivity index (χ4v) is 2.27. The van der Waals surface area contributed by atoms with Gasteiger partial charge in [-0.3, -0.25) is 0 Å². The Hall–Kier alpha value is -0.740. The molecule has 0 N–H and O–H groups in total. The van der Waals surface area contributed by atoms with Crippen molar-refractivity contribution in [2.24, 2.45) is 0 Å². The van der Waals surface area contributed by atoms with E-state index in [1.165, 1.54) is 0 Å². The summed E-state index contributed by atoms with van der Waals surface area (Å²) in [4.78, 5) is 8.89. The third-order valence-corrected chi connectivity index (χ3v) is 3.17. The van der Waals surface area contributed by atoms with Crippen molar-refractivity contribution in [2.75, 3.05) is 12.5 Å². The lowest BCUT2D eigenvalue weighted by Gasteiger charge is -2.03. The second kappa shape index (κ2) is 4.19. The zero-order valence-corrected chi connectivity index (χ0v) is 9.65. The van der Waals surface area contributed by atoms with Gasteiger partial charge < -0.3 is 0 Å². The summed E-state index contributed by atoms with van der Waals surface area (Å²) >= 11 is 3.24. The van der Waals surface area contributed by atoms with Crippen molar-refractivity contribution in [3.8, 4) is 0 Å². The Balaban J connectivity index is 2.73. The number of para-hydroxylation sites is 1. The molecular weight excluding hydrogens is 212 g/mol. The fraction of sp³-hybridized carbons (Fsp3) is 0.200. The monoisotopic (exact) mass is 222 g/mol. The van der Waals surface area contributed by atoms with Gasteiger partial charge in [-0.2, -0.15) is 0 Å². The molecule has 0 fully saturated rings. The molecule has 2 aromatic rings. The van der Waals surface area contributed by atoms with E-state index < -0.39 is 0 Å². The highest BCUT2D eigenvalue weighted by atomic mass is 32.2. The number of hydrogen-bond donors (Lipinski definition) is 0. The van der Waals surface area contributed by atoms with Gasteiger partial charge >= 0.3 is 0 Å². The van der Waals surface area contributed by atoms with Crippen LogP contribution in [0.3, 0.4) is 0 Å². The molecule has 0 aliphatic heterocycles. The second-order valence-electron chi connectivity index (χ2n) is 2.74. The lowest BCUT2D eigenvalue weighted by atomic mass is 10.2. The maximum atomic E-state index is 4.45. The van der Waals surface area contributed by atoms with E-state index in [2.05, 4.69) is 16.0 Å². The fourth-order valence-electron chi connectivity index (χ4n) is 1.27. The molecule has 0 atom stereocenters. The lowest BCUT2D eigenvalue weighted by molar-refractivity contribution is 0.935. The molecule has 0 saturated heterocycles. The van der Waals surface area contributed by atoms with Crippen LogP contribution >= 0.6 is 23.5 Å². The van der Waals surface area contributed by atoms with E-state index in [1.54, 1.807) is 23.5 Å². The predicted molar refractivity (Wildman–Crippen MR) is 63.1 cm³/mol. The molecule has 0 saturated carbocycles. The molecule has 0 aliphatic rings. The van der Waals surface area contributed by atoms with Crippen molar-refractivity contribution in [1.29, 1.82) is 0 Å². The molecule has 0 radical (unpaired) electrons. The van der Waals surface area contributed by atoms with Crippen molar-refractivity contribution < 1.29 is 0 Å². The first-order valence-electron chi connectivity index (χ1n) is 4.20. The van der Waals surface area contributed by atoms with E-state index in [0.29, 0.717) is 0 Å². The van der Waals surface area contributed by atoms with Crippen LogP contribution in [0.4, 0.5) is 0 Å². The Morgan fingerprint density at radius 2 is 1.79 bits per heavy atom. The van der Waals surface area contributed by atoms with E-state index in [0.717, 1.165) is 21.1 Å². The van der Waals surface area contributed by atoms with Crippen LogP contribution in [-0.2, 0) is 0 Å². The summed E-state index contributed by atoms with van der Waals surface area (Å²) in [7, 11) is 0. The summed E-state index contributed by atoms with van der Waals surface area (Å²) < 4.78 is 0. The lowest BCUT2D eigenvalue weighted by Crippen LogP contribution is -1.90. The van der Waals surface area contributed by atoms with Gasteiger partial charge in [-0.05, 0) is 18.6 Å². The van der Waals surface area contributed by atoms with Gasteiger partial charge in [0.05, 0.1) is 5.52 Å². The standard InChI is InChI=1S/C10H10N2S2/c1-13-9-7-5-3-4-6-8(7)11-10(12-9)14-2/h3-6H,1-2H3. The molecule has 1 aromatic heterocycles. The van der Waals surface area contributed by atoms with Gasteiger partial charge in [0.25, 0.3) is 0 Å². The maximum Gasteiger partial charge on any atom is 0.188 e. The zero-order chi connectivity index (χ0) is 9.97. The minimum absolute atomic E-state index is 0.841. The van der Waals surface area contributed by atoms with Gasteiger partial charge in [0.15, 0.2) is 5.16 Å². The van der Waals surface area contributed by atoms with Crippen LogP contribution in [0.2, 0.25) is 0 Å². The van der Waals surface area contributed by atoms with Crippen LogP contribution in [-0.4, -0.2) is 22.5 Å². The van der Waals surface area contributed by atoms with Gasteiger partial charge in [-0.25, -0.2) is 9.97 Å². The molecule has 2 nitrogen and oxygen atoms in total. The van der Waals surface area contributed by atoms with Crippen LogP contribution < -0.4 is 0 Å². The molecule has 1 aromatic carbocycles. The molecule has 1 heterocycles. The first-order chi connectivity index (χ1) is 6.85. The Labute approximate surface area is 91.5 Å². The number of nitrogens with zero attached hydrogens (tertiary/aromatic N) is 2. The van der Waals surface area contributed by atoms with E-state index in [-0.39, 0.29) is 0 Å².